The van der Waals surface area contributed by atoms with Gasteiger partial charge in [-0.15, -0.1) is 0 Å². The molecule has 3 heteroatoms. The zero-order chi connectivity index (χ0) is 14.2. The van der Waals surface area contributed by atoms with Crippen molar-refractivity contribution in [3.05, 3.63) is 0 Å². The highest BCUT2D eigenvalue weighted by molar-refractivity contribution is 5.69. The Bertz CT molecular complexity index is 290. The number of carbonyl (C=O) groups excluding carboxylic acids is 1. The number of fused-ring (bicyclic) bond motifs is 1. The summed E-state index contributed by atoms with van der Waals surface area (Å²) >= 11 is 0. The number of hydrogen-bond donors (Lipinski definition) is 0. The van der Waals surface area contributed by atoms with Crippen LogP contribution < -0.4 is 0 Å². The van der Waals surface area contributed by atoms with Gasteiger partial charge in [-0.2, -0.15) is 0 Å². The molecule has 3 nitrogen and oxygen atoms in total. The van der Waals surface area contributed by atoms with Gasteiger partial charge in [0.2, 0.25) is 0 Å². The highest BCUT2D eigenvalue weighted by atomic mass is 16.6. The first-order valence-electron chi connectivity index (χ1n) is 8.64. The summed E-state index contributed by atoms with van der Waals surface area (Å²) in [5.41, 5.74) is 0. The van der Waals surface area contributed by atoms with E-state index in [1.165, 1.54) is 44.9 Å². The van der Waals surface area contributed by atoms with E-state index in [-0.39, 0.29) is 12.1 Å². The smallest absolute Gasteiger partial charge is 0.306 e. The van der Waals surface area contributed by atoms with Gasteiger partial charge in [0.25, 0.3) is 0 Å². The maximum Gasteiger partial charge on any atom is 0.306 e. The van der Waals surface area contributed by atoms with Gasteiger partial charge in [0.05, 0.1) is 12.2 Å². The second-order valence-corrected chi connectivity index (χ2v) is 6.36. The Morgan fingerprint density at radius 2 is 1.70 bits per heavy atom. The monoisotopic (exact) mass is 282 g/mol. The molecule has 0 aromatic rings. The van der Waals surface area contributed by atoms with Gasteiger partial charge in [0, 0.05) is 12.8 Å². The number of esters is 1. The Morgan fingerprint density at radius 3 is 2.40 bits per heavy atom. The molecule has 1 saturated carbocycles. The highest BCUT2D eigenvalue weighted by Crippen LogP contribution is 2.37. The summed E-state index contributed by atoms with van der Waals surface area (Å²) in [6.07, 6.45) is 14.7. The second-order valence-electron chi connectivity index (χ2n) is 6.36. The van der Waals surface area contributed by atoms with Crippen molar-refractivity contribution in [3.8, 4) is 0 Å². The number of hydrogen-bond acceptors (Lipinski definition) is 3. The number of carbonyl (C=O) groups is 1. The first kappa shape index (κ1) is 15.8. The zero-order valence-corrected chi connectivity index (χ0v) is 12.9. The minimum absolute atomic E-state index is 0.0000768. The fraction of sp³-hybridized carbons (Fsp3) is 0.941. The van der Waals surface area contributed by atoms with E-state index in [9.17, 15) is 4.79 Å². The maximum atomic E-state index is 11.7. The van der Waals surface area contributed by atoms with Crippen molar-refractivity contribution >= 4 is 5.97 Å². The molecule has 2 fully saturated rings. The zero-order valence-electron chi connectivity index (χ0n) is 12.9. The van der Waals surface area contributed by atoms with Gasteiger partial charge in [-0.3, -0.25) is 4.79 Å². The molecular weight excluding hydrogens is 252 g/mol. The van der Waals surface area contributed by atoms with Crippen LogP contribution in [0.1, 0.15) is 84.0 Å². The molecular formula is C17H30O3. The Hall–Kier alpha value is -0.570. The number of rotatable bonds is 10. The summed E-state index contributed by atoms with van der Waals surface area (Å²) in [6.45, 7) is 2.24. The molecule has 0 radical (unpaired) electrons. The minimum Gasteiger partial charge on any atom is -0.462 e. The third-order valence-electron chi connectivity index (χ3n) is 4.49. The summed E-state index contributed by atoms with van der Waals surface area (Å²) in [7, 11) is 0. The van der Waals surface area contributed by atoms with Crippen LogP contribution in [0.25, 0.3) is 0 Å². The Morgan fingerprint density at radius 1 is 1.00 bits per heavy atom. The SMILES string of the molecule is CCCCCCCCCCC(=O)OC1CCC2OC2C1. The Balaban J connectivity index is 1.40. The molecule has 1 saturated heterocycles. The van der Waals surface area contributed by atoms with E-state index in [0.29, 0.717) is 18.6 Å². The highest BCUT2D eigenvalue weighted by Gasteiger charge is 2.44. The number of ether oxygens (including phenoxy) is 2. The largest absolute Gasteiger partial charge is 0.462 e. The van der Waals surface area contributed by atoms with Crippen molar-refractivity contribution in [1.82, 2.24) is 0 Å². The lowest BCUT2D eigenvalue weighted by Crippen LogP contribution is -2.24. The first-order chi connectivity index (χ1) is 9.79. The van der Waals surface area contributed by atoms with Crippen molar-refractivity contribution in [2.45, 2.75) is 102 Å². The van der Waals surface area contributed by atoms with E-state index < -0.39 is 0 Å². The van der Waals surface area contributed by atoms with Gasteiger partial charge in [-0.05, 0) is 19.3 Å². The second kappa shape index (κ2) is 8.66. The molecule has 3 unspecified atom stereocenters. The summed E-state index contributed by atoms with van der Waals surface area (Å²) in [5.74, 6) is 0.0000768. The Labute approximate surface area is 123 Å². The Kier molecular flexibility index (Phi) is 6.85. The molecule has 1 heterocycles. The van der Waals surface area contributed by atoms with Crippen LogP contribution in [0, 0.1) is 0 Å². The van der Waals surface area contributed by atoms with Crippen molar-refractivity contribution in [1.29, 1.82) is 0 Å². The van der Waals surface area contributed by atoms with Crippen LogP contribution in [-0.2, 0) is 14.3 Å². The van der Waals surface area contributed by atoms with Crippen LogP contribution in [0.4, 0.5) is 0 Å². The van der Waals surface area contributed by atoms with E-state index in [1.807, 2.05) is 0 Å². The summed E-state index contributed by atoms with van der Waals surface area (Å²) in [4.78, 5) is 11.7. The van der Waals surface area contributed by atoms with Crippen LogP contribution in [0.2, 0.25) is 0 Å². The van der Waals surface area contributed by atoms with Crippen LogP contribution in [-0.4, -0.2) is 24.3 Å². The van der Waals surface area contributed by atoms with Gasteiger partial charge < -0.3 is 9.47 Å². The molecule has 1 aliphatic heterocycles. The molecule has 116 valence electrons. The molecule has 2 aliphatic rings. The van der Waals surface area contributed by atoms with Crippen molar-refractivity contribution in [2.75, 3.05) is 0 Å². The van der Waals surface area contributed by atoms with Crippen molar-refractivity contribution < 1.29 is 14.3 Å². The van der Waals surface area contributed by atoms with Gasteiger partial charge in [0.1, 0.15) is 6.10 Å². The topological polar surface area (TPSA) is 38.8 Å². The van der Waals surface area contributed by atoms with E-state index in [0.717, 1.165) is 25.7 Å². The van der Waals surface area contributed by atoms with E-state index in [1.54, 1.807) is 0 Å². The van der Waals surface area contributed by atoms with Crippen LogP contribution in [0.5, 0.6) is 0 Å². The number of epoxide rings is 1. The molecule has 20 heavy (non-hydrogen) atoms. The fourth-order valence-corrected chi connectivity index (χ4v) is 3.12. The first-order valence-corrected chi connectivity index (χ1v) is 8.64. The average molecular weight is 282 g/mol. The fourth-order valence-electron chi connectivity index (χ4n) is 3.12. The molecule has 2 rings (SSSR count). The molecule has 3 atom stereocenters. The summed E-state index contributed by atoms with van der Waals surface area (Å²) in [6, 6.07) is 0. The van der Waals surface area contributed by atoms with Crippen LogP contribution in [0.3, 0.4) is 0 Å². The van der Waals surface area contributed by atoms with E-state index >= 15 is 0 Å². The van der Waals surface area contributed by atoms with Gasteiger partial charge in [-0.1, -0.05) is 51.9 Å². The predicted molar refractivity (Wildman–Crippen MR) is 79.6 cm³/mol. The average Bonchev–Trinajstić information content (AvgIpc) is 3.20. The summed E-state index contributed by atoms with van der Waals surface area (Å²) < 4.78 is 11.0. The predicted octanol–water partition coefficient (Wildman–Crippen LogP) is 4.38. The van der Waals surface area contributed by atoms with Gasteiger partial charge in [-0.25, -0.2) is 0 Å². The van der Waals surface area contributed by atoms with Gasteiger partial charge in [0.15, 0.2) is 0 Å². The third kappa shape index (κ3) is 5.82. The van der Waals surface area contributed by atoms with Crippen molar-refractivity contribution in [2.24, 2.45) is 0 Å². The lowest BCUT2D eigenvalue weighted by atomic mass is 9.98. The maximum absolute atomic E-state index is 11.7. The molecule has 0 aromatic carbocycles. The van der Waals surface area contributed by atoms with Gasteiger partial charge >= 0.3 is 5.97 Å². The summed E-state index contributed by atoms with van der Waals surface area (Å²) in [5, 5.41) is 0. The number of unbranched alkanes of at least 4 members (excludes halogenated alkanes) is 7. The normalized spacial score (nSPS) is 27.9. The van der Waals surface area contributed by atoms with E-state index in [4.69, 9.17) is 9.47 Å². The standard InChI is InChI=1S/C17H30O3/c1-2-3-4-5-6-7-8-9-10-17(18)19-14-11-12-15-16(13-14)20-15/h14-16H,2-13H2,1H3. The molecule has 1 aliphatic carbocycles. The minimum atomic E-state index is 0.0000768. The lowest BCUT2D eigenvalue weighted by molar-refractivity contribution is -0.150. The molecule has 0 bridgehead atoms. The molecule has 0 spiro atoms. The van der Waals surface area contributed by atoms with E-state index in [2.05, 4.69) is 6.92 Å². The molecule has 0 aromatic heterocycles. The molecule has 0 amide bonds. The molecule has 0 N–H and O–H groups in total. The third-order valence-corrected chi connectivity index (χ3v) is 4.49. The van der Waals surface area contributed by atoms with Crippen LogP contribution >= 0.6 is 0 Å². The quantitative estimate of drug-likeness (QED) is 0.339. The van der Waals surface area contributed by atoms with Crippen molar-refractivity contribution in [3.63, 3.8) is 0 Å². The lowest BCUT2D eigenvalue weighted by Gasteiger charge is -2.19. The van der Waals surface area contributed by atoms with Crippen LogP contribution in [0.15, 0.2) is 0 Å².